The highest BCUT2D eigenvalue weighted by Crippen LogP contribution is 2.39. The second-order valence-electron chi connectivity index (χ2n) is 8.86. The first-order valence-electron chi connectivity index (χ1n) is 11.1. The molecule has 0 aliphatic carbocycles. The highest BCUT2D eigenvalue weighted by Gasteiger charge is 2.42. The molecule has 0 unspecified atom stereocenters. The maximum Gasteiger partial charge on any atom is 0.226 e. The smallest absolute Gasteiger partial charge is 0.226 e. The summed E-state index contributed by atoms with van der Waals surface area (Å²) in [6.45, 7) is 6.82. The predicted octanol–water partition coefficient (Wildman–Crippen LogP) is 5.16. The van der Waals surface area contributed by atoms with Crippen LogP contribution in [0.2, 0.25) is 0 Å². The Balaban J connectivity index is 1.56. The summed E-state index contributed by atoms with van der Waals surface area (Å²) in [6.07, 6.45) is 6.26. The molecule has 0 atom stereocenters. The fraction of sp³-hybridized carbons (Fsp3) is 0.385. The number of hydrogen-bond donors (Lipinski definition) is 1. The summed E-state index contributed by atoms with van der Waals surface area (Å²) in [4.78, 5) is 21.4. The van der Waals surface area contributed by atoms with Crippen molar-refractivity contribution in [2.75, 3.05) is 13.1 Å². The summed E-state index contributed by atoms with van der Waals surface area (Å²) >= 11 is 1.76. The van der Waals surface area contributed by atoms with E-state index in [0.717, 1.165) is 38.9 Å². The molecule has 3 aromatic rings. The van der Waals surface area contributed by atoms with Crippen LogP contribution < -0.4 is 5.32 Å². The molecule has 0 spiro atoms. The van der Waals surface area contributed by atoms with Crippen LogP contribution in [0.5, 0.6) is 0 Å². The molecule has 4 nitrogen and oxygen atoms in total. The van der Waals surface area contributed by atoms with Crippen LogP contribution >= 0.6 is 11.3 Å². The Morgan fingerprint density at radius 2 is 1.94 bits per heavy atom. The molecule has 31 heavy (non-hydrogen) atoms. The van der Waals surface area contributed by atoms with Crippen LogP contribution in [-0.2, 0) is 17.8 Å². The van der Waals surface area contributed by atoms with E-state index >= 15 is 0 Å². The van der Waals surface area contributed by atoms with Crippen molar-refractivity contribution in [2.24, 2.45) is 5.41 Å². The lowest BCUT2D eigenvalue weighted by Gasteiger charge is -2.41. The number of nitrogens with zero attached hydrogens (tertiary/aromatic N) is 2. The van der Waals surface area contributed by atoms with Crippen LogP contribution in [0.25, 0.3) is 10.4 Å². The third kappa shape index (κ3) is 5.23. The van der Waals surface area contributed by atoms with Gasteiger partial charge in [0.2, 0.25) is 5.91 Å². The second kappa shape index (κ2) is 9.75. The zero-order chi connectivity index (χ0) is 21.7. The van der Waals surface area contributed by atoms with Crippen LogP contribution in [0.15, 0.2) is 66.3 Å². The number of aromatic nitrogens is 1. The Kier molecular flexibility index (Phi) is 6.83. The minimum atomic E-state index is -0.372. The summed E-state index contributed by atoms with van der Waals surface area (Å²) in [5, 5.41) is 5.34. The first kappa shape index (κ1) is 21.7. The van der Waals surface area contributed by atoms with Crippen LogP contribution in [0, 0.1) is 5.41 Å². The van der Waals surface area contributed by atoms with Gasteiger partial charge in [0.1, 0.15) is 0 Å². The van der Waals surface area contributed by atoms with E-state index in [-0.39, 0.29) is 17.4 Å². The molecular weight excluding hydrogens is 402 g/mol. The Bertz CT molecular complexity index is 977. The number of carbonyl (C=O) groups excluding carboxylic acids is 1. The summed E-state index contributed by atoms with van der Waals surface area (Å²) in [5.74, 6) is 0.199. The molecule has 1 amide bonds. The van der Waals surface area contributed by atoms with Gasteiger partial charge in [-0.2, -0.15) is 0 Å². The van der Waals surface area contributed by atoms with Gasteiger partial charge in [0, 0.05) is 29.9 Å². The van der Waals surface area contributed by atoms with Gasteiger partial charge < -0.3 is 5.32 Å². The summed E-state index contributed by atoms with van der Waals surface area (Å²) < 4.78 is 0. The van der Waals surface area contributed by atoms with E-state index < -0.39 is 0 Å². The number of amides is 1. The number of rotatable bonds is 7. The minimum Gasteiger partial charge on any atom is -0.353 e. The molecule has 5 heteroatoms. The first-order valence-corrected chi connectivity index (χ1v) is 12.0. The number of likely N-dealkylation sites (tertiary alicyclic amines) is 1. The maximum absolute atomic E-state index is 13.5. The van der Waals surface area contributed by atoms with Crippen molar-refractivity contribution in [3.63, 3.8) is 0 Å². The fourth-order valence-electron chi connectivity index (χ4n) is 4.50. The van der Waals surface area contributed by atoms with Crippen molar-refractivity contribution in [1.29, 1.82) is 0 Å². The average Bonchev–Trinajstić information content (AvgIpc) is 3.31. The SMILES string of the molecule is CC(C)NC(=O)C1(Cc2ccccc2-c2cccs2)CCN(Cc2cccnc2)CC1. The molecule has 1 N–H and O–H groups in total. The molecular formula is C26H31N3OS. The average molecular weight is 434 g/mol. The van der Waals surface area contributed by atoms with Crippen LogP contribution in [0.4, 0.5) is 0 Å². The van der Waals surface area contributed by atoms with E-state index in [0.29, 0.717) is 0 Å². The molecule has 1 aromatic carbocycles. The number of carbonyl (C=O) groups is 1. The normalized spacial score (nSPS) is 16.4. The number of pyridine rings is 1. The Morgan fingerprint density at radius 3 is 2.61 bits per heavy atom. The molecule has 1 aliphatic heterocycles. The Hall–Kier alpha value is -2.50. The van der Waals surface area contributed by atoms with Gasteiger partial charge in [-0.15, -0.1) is 11.3 Å². The van der Waals surface area contributed by atoms with E-state index in [2.05, 4.69) is 63.0 Å². The van der Waals surface area contributed by atoms with Gasteiger partial charge in [0.25, 0.3) is 0 Å². The summed E-state index contributed by atoms with van der Waals surface area (Å²) in [6, 6.07) is 17.1. The van der Waals surface area contributed by atoms with Gasteiger partial charge in [-0.1, -0.05) is 36.4 Å². The number of nitrogens with one attached hydrogen (secondary N) is 1. The molecule has 0 bridgehead atoms. The van der Waals surface area contributed by atoms with Crippen molar-refractivity contribution in [2.45, 2.75) is 45.7 Å². The van der Waals surface area contributed by atoms with Crippen molar-refractivity contribution in [3.05, 3.63) is 77.4 Å². The standard InChI is InChI=1S/C26H31N3OS/c1-20(2)28-25(30)26(11-14-29(15-12-26)19-21-7-5-13-27-18-21)17-22-8-3-4-9-23(22)24-10-6-16-31-24/h3-10,13,16,18,20H,11-12,14-15,17,19H2,1-2H3,(H,28,30). The minimum absolute atomic E-state index is 0.144. The first-order chi connectivity index (χ1) is 15.1. The van der Waals surface area contributed by atoms with Crippen molar-refractivity contribution < 1.29 is 4.79 Å². The molecule has 4 rings (SSSR count). The van der Waals surface area contributed by atoms with Gasteiger partial charge in [-0.25, -0.2) is 0 Å². The molecule has 0 radical (unpaired) electrons. The second-order valence-corrected chi connectivity index (χ2v) is 9.80. The van der Waals surface area contributed by atoms with Crippen LogP contribution in [-0.4, -0.2) is 34.9 Å². The monoisotopic (exact) mass is 433 g/mol. The Labute approximate surface area is 189 Å². The highest BCUT2D eigenvalue weighted by molar-refractivity contribution is 7.13. The van der Waals surface area contributed by atoms with Gasteiger partial charge in [0.05, 0.1) is 5.41 Å². The third-order valence-electron chi connectivity index (χ3n) is 6.18. The zero-order valence-corrected chi connectivity index (χ0v) is 19.2. The summed E-state index contributed by atoms with van der Waals surface area (Å²) in [7, 11) is 0. The van der Waals surface area contributed by atoms with Gasteiger partial charge in [-0.3, -0.25) is 14.7 Å². The molecule has 2 aromatic heterocycles. The lowest BCUT2D eigenvalue weighted by molar-refractivity contribution is -0.134. The maximum atomic E-state index is 13.5. The molecule has 0 saturated carbocycles. The fourth-order valence-corrected chi connectivity index (χ4v) is 5.29. The topological polar surface area (TPSA) is 45.2 Å². The van der Waals surface area contributed by atoms with Gasteiger partial charge >= 0.3 is 0 Å². The molecule has 1 aliphatic rings. The molecule has 1 saturated heterocycles. The number of thiophene rings is 1. The highest BCUT2D eigenvalue weighted by atomic mass is 32.1. The predicted molar refractivity (Wildman–Crippen MR) is 128 cm³/mol. The van der Waals surface area contributed by atoms with Crippen LogP contribution in [0.3, 0.4) is 0 Å². The molecule has 1 fully saturated rings. The van der Waals surface area contributed by atoms with E-state index in [4.69, 9.17) is 0 Å². The number of benzene rings is 1. The van der Waals surface area contributed by atoms with E-state index in [9.17, 15) is 4.79 Å². The lowest BCUT2D eigenvalue weighted by Crippen LogP contribution is -2.51. The number of hydrogen-bond acceptors (Lipinski definition) is 4. The van der Waals surface area contributed by atoms with Crippen molar-refractivity contribution in [1.82, 2.24) is 15.2 Å². The largest absolute Gasteiger partial charge is 0.353 e. The zero-order valence-electron chi connectivity index (χ0n) is 18.4. The Morgan fingerprint density at radius 1 is 1.13 bits per heavy atom. The van der Waals surface area contributed by atoms with Crippen LogP contribution in [0.1, 0.15) is 37.8 Å². The third-order valence-corrected chi connectivity index (χ3v) is 7.08. The van der Waals surface area contributed by atoms with Gasteiger partial charge in [-0.05, 0) is 80.4 Å². The van der Waals surface area contributed by atoms with E-state index in [1.807, 2.05) is 32.3 Å². The number of piperidine rings is 1. The van der Waals surface area contributed by atoms with E-state index in [1.54, 1.807) is 11.3 Å². The van der Waals surface area contributed by atoms with E-state index in [1.165, 1.54) is 21.6 Å². The molecule has 3 heterocycles. The van der Waals surface area contributed by atoms with Crippen molar-refractivity contribution in [3.8, 4) is 10.4 Å². The quantitative estimate of drug-likeness (QED) is 0.560. The molecule has 162 valence electrons. The lowest BCUT2D eigenvalue weighted by atomic mass is 9.72. The van der Waals surface area contributed by atoms with Gasteiger partial charge in [0.15, 0.2) is 0 Å². The van der Waals surface area contributed by atoms with Crippen molar-refractivity contribution >= 4 is 17.2 Å². The summed E-state index contributed by atoms with van der Waals surface area (Å²) in [5.41, 5.74) is 3.38.